The Hall–Kier alpha value is -1.88. The van der Waals surface area contributed by atoms with Crippen molar-refractivity contribution in [2.45, 2.75) is 25.8 Å². The van der Waals surface area contributed by atoms with Gasteiger partial charge in [-0.3, -0.25) is 14.3 Å². The lowest BCUT2D eigenvalue weighted by Gasteiger charge is -2.26. The molecule has 2 aromatic rings. The number of benzene rings is 1. The zero-order valence-corrected chi connectivity index (χ0v) is 11.5. The molecule has 1 aliphatic heterocycles. The Bertz CT molecular complexity index is 711. The minimum Gasteiger partial charge on any atom is -0.302 e. The second kappa shape index (κ2) is 5.63. The fourth-order valence-electron chi connectivity index (χ4n) is 2.89. The van der Waals surface area contributed by atoms with Gasteiger partial charge in [-0.1, -0.05) is 18.6 Å². The molecule has 106 valence electrons. The van der Waals surface area contributed by atoms with Gasteiger partial charge >= 0.3 is 5.69 Å². The normalized spacial score (nSPS) is 16.6. The molecule has 0 bridgehead atoms. The molecule has 0 atom stereocenters. The number of likely N-dealkylation sites (tertiary alicyclic amines) is 1. The van der Waals surface area contributed by atoms with Crippen molar-refractivity contribution in [1.29, 1.82) is 0 Å². The zero-order chi connectivity index (χ0) is 13.9. The molecule has 1 N–H and O–H groups in total. The van der Waals surface area contributed by atoms with Crippen molar-refractivity contribution in [3.05, 3.63) is 45.1 Å². The summed E-state index contributed by atoms with van der Waals surface area (Å²) < 4.78 is 1.67. The number of aromatic nitrogens is 2. The summed E-state index contributed by atoms with van der Waals surface area (Å²) >= 11 is 0. The zero-order valence-electron chi connectivity index (χ0n) is 11.5. The molecule has 1 fully saturated rings. The number of hydrogen-bond acceptors (Lipinski definition) is 3. The van der Waals surface area contributed by atoms with Crippen molar-refractivity contribution in [3.8, 4) is 0 Å². The number of piperidine rings is 1. The molecule has 1 aromatic heterocycles. The third-order valence-electron chi connectivity index (χ3n) is 3.99. The Morgan fingerprint density at radius 2 is 1.75 bits per heavy atom. The number of rotatable bonds is 3. The molecule has 1 aliphatic rings. The quantitative estimate of drug-likeness (QED) is 0.913. The van der Waals surface area contributed by atoms with Crippen LogP contribution in [0.15, 0.2) is 33.9 Å². The molecular formula is C15H19N3O2. The standard InChI is InChI=1S/C15H19N3O2/c19-14-12-6-2-3-7-13(12)18(15(20)16-14)11-10-17-8-4-1-5-9-17/h2-3,6-7H,1,4-5,8-11H2,(H,16,19,20). The van der Waals surface area contributed by atoms with Crippen molar-refractivity contribution < 1.29 is 0 Å². The molecule has 5 nitrogen and oxygen atoms in total. The topological polar surface area (TPSA) is 58.1 Å². The number of hydrogen-bond donors (Lipinski definition) is 1. The average Bonchev–Trinajstić information content (AvgIpc) is 2.48. The summed E-state index contributed by atoms with van der Waals surface area (Å²) in [5.41, 5.74) is 0.101. The molecule has 3 rings (SSSR count). The van der Waals surface area contributed by atoms with Gasteiger partial charge in [0.1, 0.15) is 0 Å². The van der Waals surface area contributed by atoms with Gasteiger partial charge in [0.25, 0.3) is 5.56 Å². The first-order valence-corrected chi connectivity index (χ1v) is 7.20. The second-order valence-electron chi connectivity index (χ2n) is 5.33. The van der Waals surface area contributed by atoms with Crippen molar-refractivity contribution in [3.63, 3.8) is 0 Å². The lowest BCUT2D eigenvalue weighted by Crippen LogP contribution is -2.37. The second-order valence-corrected chi connectivity index (χ2v) is 5.33. The van der Waals surface area contributed by atoms with Crippen molar-refractivity contribution in [2.24, 2.45) is 0 Å². The number of H-pyrrole nitrogens is 1. The average molecular weight is 273 g/mol. The van der Waals surface area contributed by atoms with Crippen molar-refractivity contribution >= 4 is 10.9 Å². The van der Waals surface area contributed by atoms with E-state index in [0.29, 0.717) is 11.9 Å². The molecule has 2 heterocycles. The van der Waals surface area contributed by atoms with Gasteiger partial charge in [0.15, 0.2) is 0 Å². The highest BCUT2D eigenvalue weighted by atomic mass is 16.2. The van der Waals surface area contributed by atoms with Crippen LogP contribution in [0.1, 0.15) is 19.3 Å². The molecule has 5 heteroatoms. The first-order valence-electron chi connectivity index (χ1n) is 7.20. The third kappa shape index (κ3) is 2.54. The molecule has 0 aliphatic carbocycles. The first-order chi connectivity index (χ1) is 9.75. The first kappa shape index (κ1) is 13.1. The highest BCUT2D eigenvalue weighted by Crippen LogP contribution is 2.10. The summed E-state index contributed by atoms with van der Waals surface area (Å²) in [6.07, 6.45) is 3.78. The largest absolute Gasteiger partial charge is 0.328 e. The van der Waals surface area contributed by atoms with Crippen LogP contribution in [-0.4, -0.2) is 34.1 Å². The summed E-state index contributed by atoms with van der Waals surface area (Å²) in [6, 6.07) is 7.27. The van der Waals surface area contributed by atoms with Crippen LogP contribution in [0.5, 0.6) is 0 Å². The molecule has 0 spiro atoms. The van der Waals surface area contributed by atoms with E-state index in [-0.39, 0.29) is 11.2 Å². The Morgan fingerprint density at radius 1 is 1.00 bits per heavy atom. The van der Waals surface area contributed by atoms with Crippen LogP contribution in [0.4, 0.5) is 0 Å². The SMILES string of the molecule is O=c1[nH]c(=O)n(CCN2CCCCC2)c2ccccc12. The minimum absolute atomic E-state index is 0.306. The van der Waals surface area contributed by atoms with E-state index in [1.807, 2.05) is 18.2 Å². The molecular weight excluding hydrogens is 254 g/mol. The monoisotopic (exact) mass is 273 g/mol. The smallest absolute Gasteiger partial charge is 0.302 e. The number of aromatic amines is 1. The Kier molecular flexibility index (Phi) is 3.69. The summed E-state index contributed by atoms with van der Waals surface area (Å²) in [4.78, 5) is 28.6. The van der Waals surface area contributed by atoms with Crippen LogP contribution < -0.4 is 11.2 Å². The predicted molar refractivity (Wildman–Crippen MR) is 79.1 cm³/mol. The summed E-state index contributed by atoms with van der Waals surface area (Å²) in [6.45, 7) is 3.69. The van der Waals surface area contributed by atoms with Gasteiger partial charge in [-0.25, -0.2) is 4.79 Å². The number of para-hydroxylation sites is 1. The molecule has 1 saturated heterocycles. The minimum atomic E-state index is -0.314. The highest BCUT2D eigenvalue weighted by Gasteiger charge is 2.11. The summed E-state index contributed by atoms with van der Waals surface area (Å²) in [7, 11) is 0. The Morgan fingerprint density at radius 3 is 2.55 bits per heavy atom. The third-order valence-corrected chi connectivity index (χ3v) is 3.99. The fourth-order valence-corrected chi connectivity index (χ4v) is 2.89. The van der Waals surface area contributed by atoms with Gasteiger partial charge in [0.2, 0.25) is 0 Å². The predicted octanol–water partition coefficient (Wildman–Crippen LogP) is 1.18. The van der Waals surface area contributed by atoms with Crippen LogP contribution in [0.2, 0.25) is 0 Å². The van der Waals surface area contributed by atoms with E-state index in [2.05, 4.69) is 9.88 Å². The van der Waals surface area contributed by atoms with E-state index in [0.717, 1.165) is 25.2 Å². The van der Waals surface area contributed by atoms with Crippen LogP contribution in [0, 0.1) is 0 Å². The van der Waals surface area contributed by atoms with E-state index in [1.165, 1.54) is 19.3 Å². The van der Waals surface area contributed by atoms with E-state index in [1.54, 1.807) is 10.6 Å². The van der Waals surface area contributed by atoms with E-state index < -0.39 is 0 Å². The highest BCUT2D eigenvalue weighted by molar-refractivity contribution is 5.77. The van der Waals surface area contributed by atoms with Gasteiger partial charge in [0.05, 0.1) is 10.9 Å². The molecule has 0 radical (unpaired) electrons. The lowest BCUT2D eigenvalue weighted by molar-refractivity contribution is 0.220. The van der Waals surface area contributed by atoms with Gasteiger partial charge < -0.3 is 4.90 Å². The lowest BCUT2D eigenvalue weighted by atomic mass is 10.1. The maximum absolute atomic E-state index is 12.0. The van der Waals surface area contributed by atoms with Crippen LogP contribution in [-0.2, 0) is 6.54 Å². The van der Waals surface area contributed by atoms with Gasteiger partial charge in [-0.2, -0.15) is 0 Å². The molecule has 0 saturated carbocycles. The van der Waals surface area contributed by atoms with Crippen LogP contribution >= 0.6 is 0 Å². The maximum Gasteiger partial charge on any atom is 0.328 e. The molecule has 20 heavy (non-hydrogen) atoms. The van der Waals surface area contributed by atoms with E-state index >= 15 is 0 Å². The maximum atomic E-state index is 12.0. The van der Waals surface area contributed by atoms with Gasteiger partial charge in [-0.15, -0.1) is 0 Å². The molecule has 0 amide bonds. The van der Waals surface area contributed by atoms with E-state index in [9.17, 15) is 9.59 Å². The van der Waals surface area contributed by atoms with Crippen LogP contribution in [0.25, 0.3) is 10.9 Å². The molecule has 0 unspecified atom stereocenters. The number of nitrogens with one attached hydrogen (secondary N) is 1. The van der Waals surface area contributed by atoms with Gasteiger partial charge in [0, 0.05) is 13.1 Å². The van der Waals surface area contributed by atoms with Crippen molar-refractivity contribution in [2.75, 3.05) is 19.6 Å². The van der Waals surface area contributed by atoms with Crippen molar-refractivity contribution in [1.82, 2.24) is 14.5 Å². The Labute approximate surface area is 116 Å². The Balaban J connectivity index is 1.90. The summed E-state index contributed by atoms with van der Waals surface area (Å²) in [5, 5.41) is 0.575. The van der Waals surface area contributed by atoms with Gasteiger partial charge in [-0.05, 0) is 38.1 Å². The number of fused-ring (bicyclic) bond motifs is 1. The fraction of sp³-hybridized carbons (Fsp3) is 0.467. The van der Waals surface area contributed by atoms with E-state index in [4.69, 9.17) is 0 Å². The summed E-state index contributed by atoms with van der Waals surface area (Å²) in [5.74, 6) is 0. The molecule has 1 aromatic carbocycles. The van der Waals surface area contributed by atoms with Crippen LogP contribution in [0.3, 0.4) is 0 Å². The number of nitrogens with zero attached hydrogens (tertiary/aromatic N) is 2.